The second-order valence-corrected chi connectivity index (χ2v) is 7.55. The zero-order valence-corrected chi connectivity index (χ0v) is 15.3. The molecule has 0 aromatic carbocycles. The first-order valence-electron chi connectivity index (χ1n) is 8.37. The van der Waals surface area contributed by atoms with Crippen molar-refractivity contribution >= 4 is 17.4 Å². The molecule has 1 heterocycles. The van der Waals surface area contributed by atoms with Crippen LogP contribution in [0.1, 0.15) is 46.6 Å². The number of alkyl carbamates (subject to hydrolysis) is 1. The van der Waals surface area contributed by atoms with E-state index in [0.29, 0.717) is 12.0 Å². The number of hydrogen-bond donors (Lipinski definition) is 1. The van der Waals surface area contributed by atoms with E-state index in [2.05, 4.69) is 24.1 Å². The first kappa shape index (κ1) is 18.9. The molecule has 3 atom stereocenters. The molecule has 136 valence electrons. The first-order valence-corrected chi connectivity index (χ1v) is 8.37. The van der Waals surface area contributed by atoms with E-state index in [1.54, 1.807) is 33.0 Å². The van der Waals surface area contributed by atoms with Gasteiger partial charge in [0.15, 0.2) is 0 Å². The molecule has 0 fully saturated rings. The van der Waals surface area contributed by atoms with E-state index in [9.17, 15) is 14.9 Å². The van der Waals surface area contributed by atoms with E-state index in [1.165, 1.54) is 6.20 Å². The molecular formula is C18H25N3O4. The predicted octanol–water partition coefficient (Wildman–Crippen LogP) is 3.94. The van der Waals surface area contributed by atoms with Crippen molar-refractivity contribution in [1.82, 2.24) is 10.3 Å². The van der Waals surface area contributed by atoms with Crippen LogP contribution in [0.15, 0.2) is 24.5 Å². The molecule has 0 radical (unpaired) electrons. The highest BCUT2D eigenvalue weighted by Gasteiger charge is 2.32. The Morgan fingerprint density at radius 2 is 2.08 bits per heavy atom. The lowest BCUT2D eigenvalue weighted by molar-refractivity contribution is -0.385. The Balaban J connectivity index is 2.31. The van der Waals surface area contributed by atoms with Crippen LogP contribution in [0.4, 0.5) is 10.5 Å². The van der Waals surface area contributed by atoms with Crippen LogP contribution in [0.2, 0.25) is 0 Å². The average molecular weight is 347 g/mol. The Hall–Kier alpha value is -2.44. The van der Waals surface area contributed by atoms with Gasteiger partial charge >= 0.3 is 6.09 Å². The van der Waals surface area contributed by atoms with Gasteiger partial charge in [0.05, 0.1) is 16.5 Å². The van der Waals surface area contributed by atoms with Crippen molar-refractivity contribution in [3.05, 3.63) is 40.2 Å². The third kappa shape index (κ3) is 4.78. The topological polar surface area (TPSA) is 94.4 Å². The number of pyridine rings is 1. The molecule has 7 heteroatoms. The van der Waals surface area contributed by atoms with Gasteiger partial charge in [0, 0.05) is 6.20 Å². The van der Waals surface area contributed by atoms with Crippen molar-refractivity contribution in [2.45, 2.75) is 52.7 Å². The summed E-state index contributed by atoms with van der Waals surface area (Å²) in [6.45, 7) is 9.55. The number of nitrogens with zero attached hydrogens (tertiary/aromatic N) is 2. The van der Waals surface area contributed by atoms with Crippen LogP contribution in [-0.2, 0) is 4.74 Å². The second kappa shape index (κ2) is 7.21. The predicted molar refractivity (Wildman–Crippen MR) is 95.0 cm³/mol. The molecule has 1 N–H and O–H groups in total. The van der Waals surface area contributed by atoms with E-state index in [1.807, 2.05) is 6.08 Å². The fourth-order valence-corrected chi connectivity index (χ4v) is 2.94. The van der Waals surface area contributed by atoms with Crippen LogP contribution in [0.25, 0.3) is 5.57 Å². The largest absolute Gasteiger partial charge is 0.444 e. The van der Waals surface area contributed by atoms with E-state index in [0.717, 1.165) is 5.57 Å². The van der Waals surface area contributed by atoms with Crippen molar-refractivity contribution in [3.63, 3.8) is 0 Å². The van der Waals surface area contributed by atoms with Crippen LogP contribution in [0, 0.1) is 22.0 Å². The van der Waals surface area contributed by atoms with Gasteiger partial charge in [0.1, 0.15) is 11.8 Å². The molecule has 0 aliphatic heterocycles. The van der Waals surface area contributed by atoms with Crippen molar-refractivity contribution in [1.29, 1.82) is 0 Å². The molecule has 0 saturated heterocycles. The van der Waals surface area contributed by atoms with E-state index >= 15 is 0 Å². The molecule has 1 aliphatic rings. The van der Waals surface area contributed by atoms with Gasteiger partial charge in [-0.3, -0.25) is 15.1 Å². The highest BCUT2D eigenvalue weighted by atomic mass is 16.6. The van der Waals surface area contributed by atoms with Crippen LogP contribution in [-0.4, -0.2) is 27.6 Å². The molecule has 1 aromatic heterocycles. The standard InChI is InChI=1S/C18H25N3O4/c1-11-8-13(14-6-7-19-10-16(14)21(23)24)9-15(12(11)2)20-17(22)25-18(3,4)5/h6-7,9-12,15H,8H2,1-5H3,(H,20,22)/t11-,12+,15+/m1/s1. The van der Waals surface area contributed by atoms with Crippen molar-refractivity contribution in [2.24, 2.45) is 11.8 Å². The van der Waals surface area contributed by atoms with Crippen molar-refractivity contribution < 1.29 is 14.5 Å². The summed E-state index contributed by atoms with van der Waals surface area (Å²) in [5.74, 6) is 0.449. The minimum absolute atomic E-state index is 0.0217. The number of hydrogen-bond acceptors (Lipinski definition) is 5. The highest BCUT2D eigenvalue weighted by molar-refractivity contribution is 5.75. The fraction of sp³-hybridized carbons (Fsp3) is 0.556. The molecule has 1 aliphatic carbocycles. The summed E-state index contributed by atoms with van der Waals surface area (Å²) >= 11 is 0. The molecule has 1 aromatic rings. The lowest BCUT2D eigenvalue weighted by Crippen LogP contribution is -2.44. The summed E-state index contributed by atoms with van der Waals surface area (Å²) in [7, 11) is 0. The number of nitrogens with one attached hydrogen (secondary N) is 1. The molecule has 25 heavy (non-hydrogen) atoms. The minimum Gasteiger partial charge on any atom is -0.444 e. The Morgan fingerprint density at radius 3 is 2.68 bits per heavy atom. The van der Waals surface area contributed by atoms with Crippen LogP contribution in [0.5, 0.6) is 0 Å². The van der Waals surface area contributed by atoms with E-state index in [-0.39, 0.29) is 23.6 Å². The van der Waals surface area contributed by atoms with E-state index < -0.39 is 16.6 Å². The van der Waals surface area contributed by atoms with E-state index in [4.69, 9.17) is 4.74 Å². The third-order valence-electron chi connectivity index (χ3n) is 4.41. The fourth-order valence-electron chi connectivity index (χ4n) is 2.94. The summed E-state index contributed by atoms with van der Waals surface area (Å²) < 4.78 is 5.33. The van der Waals surface area contributed by atoms with Gasteiger partial charge in [-0.25, -0.2) is 4.79 Å². The average Bonchev–Trinajstić information content (AvgIpc) is 2.49. The number of carbonyl (C=O) groups is 1. The summed E-state index contributed by atoms with van der Waals surface area (Å²) in [5.41, 5.74) is 0.798. The number of carbonyl (C=O) groups excluding carboxylic acids is 1. The number of rotatable bonds is 3. The molecule has 0 saturated carbocycles. The number of ether oxygens (including phenoxy) is 1. The Bertz CT molecular complexity index is 694. The Morgan fingerprint density at radius 1 is 1.40 bits per heavy atom. The van der Waals surface area contributed by atoms with Crippen LogP contribution >= 0.6 is 0 Å². The number of amides is 1. The zero-order valence-electron chi connectivity index (χ0n) is 15.3. The second-order valence-electron chi connectivity index (χ2n) is 7.55. The molecule has 0 unspecified atom stereocenters. The van der Waals surface area contributed by atoms with Gasteiger partial charge in [-0.1, -0.05) is 19.9 Å². The van der Waals surface area contributed by atoms with Gasteiger partial charge < -0.3 is 10.1 Å². The molecular weight excluding hydrogens is 322 g/mol. The molecule has 0 spiro atoms. The highest BCUT2D eigenvalue weighted by Crippen LogP contribution is 2.37. The van der Waals surface area contributed by atoms with Gasteiger partial charge in [-0.2, -0.15) is 0 Å². The van der Waals surface area contributed by atoms with Gasteiger partial charge in [0.2, 0.25) is 0 Å². The Labute approximate surface area is 147 Å². The SMILES string of the molecule is C[C@H]1[C@H](C)CC(c2ccncc2[N+](=O)[O-])=C[C@@H]1NC(=O)OC(C)(C)C. The molecule has 2 rings (SSSR count). The number of aromatic nitrogens is 1. The minimum atomic E-state index is -0.579. The van der Waals surface area contributed by atoms with Gasteiger partial charge in [-0.15, -0.1) is 0 Å². The normalized spacial score (nSPS) is 23.6. The third-order valence-corrected chi connectivity index (χ3v) is 4.41. The summed E-state index contributed by atoms with van der Waals surface area (Å²) in [6.07, 6.45) is 4.92. The number of nitro groups is 1. The lowest BCUT2D eigenvalue weighted by Gasteiger charge is -2.34. The molecule has 1 amide bonds. The first-order chi connectivity index (χ1) is 11.6. The maximum atomic E-state index is 12.1. The quantitative estimate of drug-likeness (QED) is 0.660. The van der Waals surface area contributed by atoms with Crippen molar-refractivity contribution in [3.8, 4) is 0 Å². The van der Waals surface area contributed by atoms with Gasteiger partial charge in [0.25, 0.3) is 5.69 Å². The molecule has 7 nitrogen and oxygen atoms in total. The van der Waals surface area contributed by atoms with Crippen molar-refractivity contribution in [2.75, 3.05) is 0 Å². The van der Waals surface area contributed by atoms with Gasteiger partial charge in [-0.05, 0) is 50.7 Å². The number of allylic oxidation sites excluding steroid dienone is 1. The summed E-state index contributed by atoms with van der Waals surface area (Å²) in [6, 6.07) is 1.40. The zero-order chi connectivity index (χ0) is 18.8. The van der Waals surface area contributed by atoms with Crippen LogP contribution < -0.4 is 5.32 Å². The summed E-state index contributed by atoms with van der Waals surface area (Å²) in [5, 5.41) is 14.2. The lowest BCUT2D eigenvalue weighted by atomic mass is 9.77. The molecule has 0 bridgehead atoms. The monoisotopic (exact) mass is 347 g/mol. The maximum Gasteiger partial charge on any atom is 0.408 e. The maximum absolute atomic E-state index is 12.1. The Kier molecular flexibility index (Phi) is 5.45. The summed E-state index contributed by atoms with van der Waals surface area (Å²) in [4.78, 5) is 26.8. The smallest absolute Gasteiger partial charge is 0.408 e. The van der Waals surface area contributed by atoms with Crippen LogP contribution in [0.3, 0.4) is 0 Å².